The predicted octanol–water partition coefficient (Wildman–Crippen LogP) is 5.36. The molecule has 0 amide bonds. The fourth-order valence-corrected chi connectivity index (χ4v) is 3.97. The van der Waals surface area contributed by atoms with E-state index in [1.165, 1.54) is 0 Å². The normalized spacial score (nSPS) is 10.9. The van der Waals surface area contributed by atoms with Gasteiger partial charge in [-0.25, -0.2) is 9.82 Å². The van der Waals surface area contributed by atoms with Crippen LogP contribution < -0.4 is 19.6 Å². The van der Waals surface area contributed by atoms with Crippen LogP contribution in [0.4, 0.5) is 10.8 Å². The van der Waals surface area contributed by atoms with Gasteiger partial charge in [-0.2, -0.15) is 0 Å². The van der Waals surface area contributed by atoms with Crippen molar-refractivity contribution in [3.63, 3.8) is 0 Å². The van der Waals surface area contributed by atoms with Crippen LogP contribution in [0.3, 0.4) is 0 Å². The second kappa shape index (κ2) is 8.65. The number of fused-ring (bicyclic) bond motifs is 1. The molecule has 2 aromatic carbocycles. The molecule has 2 aromatic heterocycles. The maximum atomic E-state index is 5.73. The fraction of sp³-hybridized carbons (Fsp3) is 0.143. The van der Waals surface area contributed by atoms with Crippen LogP contribution in [0, 0.1) is 0 Å². The minimum Gasteiger partial charge on any atom is -0.493 e. The summed E-state index contributed by atoms with van der Waals surface area (Å²) in [5.41, 5.74) is 3.64. The molecule has 29 heavy (non-hydrogen) atoms. The molecule has 2 heterocycles. The summed E-state index contributed by atoms with van der Waals surface area (Å²) in [4.78, 5) is 11.9. The second-order valence-electron chi connectivity index (χ2n) is 6.21. The van der Waals surface area contributed by atoms with Crippen molar-refractivity contribution in [3.8, 4) is 22.8 Å². The molecule has 148 valence electrons. The van der Waals surface area contributed by atoms with Crippen LogP contribution >= 0.6 is 23.1 Å². The van der Waals surface area contributed by atoms with Gasteiger partial charge in [0.25, 0.3) is 0 Å². The van der Waals surface area contributed by atoms with E-state index >= 15 is 0 Å². The van der Waals surface area contributed by atoms with Gasteiger partial charge in [-0.05, 0) is 23.9 Å². The van der Waals surface area contributed by atoms with E-state index in [1.54, 1.807) is 31.8 Å². The molecule has 0 atom stereocenters. The summed E-state index contributed by atoms with van der Waals surface area (Å²) >= 11 is 7.27. The molecule has 0 aliphatic heterocycles. The van der Waals surface area contributed by atoms with Crippen molar-refractivity contribution in [2.24, 2.45) is 0 Å². The lowest BCUT2D eigenvalue weighted by atomic mass is 10.1. The van der Waals surface area contributed by atoms with E-state index in [9.17, 15) is 0 Å². The first-order chi connectivity index (χ1) is 14.2. The Morgan fingerprint density at radius 1 is 1.03 bits per heavy atom. The number of rotatable bonds is 7. The molecule has 0 bridgehead atoms. The SMILES string of the molecule is COc1cc2c(Nc3nc(-c4ccccc4)cs3)cnc(CNCl)c2cc1OC. The zero-order chi connectivity index (χ0) is 20.2. The number of halogens is 1. The molecule has 0 fully saturated rings. The molecule has 8 heteroatoms. The van der Waals surface area contributed by atoms with Crippen LogP contribution in [0.25, 0.3) is 22.0 Å². The molecule has 4 rings (SSSR count). The Bertz CT molecular complexity index is 1130. The minimum absolute atomic E-state index is 0.420. The quantitative estimate of drug-likeness (QED) is 0.387. The third kappa shape index (κ3) is 3.98. The number of pyridine rings is 1. The maximum Gasteiger partial charge on any atom is 0.187 e. The van der Waals surface area contributed by atoms with Crippen LogP contribution in [-0.4, -0.2) is 24.2 Å². The maximum absolute atomic E-state index is 5.73. The Balaban J connectivity index is 1.76. The minimum atomic E-state index is 0.420. The fourth-order valence-electron chi connectivity index (χ4n) is 3.11. The lowest BCUT2D eigenvalue weighted by Gasteiger charge is -2.14. The number of nitrogens with zero attached hydrogens (tertiary/aromatic N) is 2. The van der Waals surface area contributed by atoms with E-state index in [2.05, 4.69) is 15.1 Å². The van der Waals surface area contributed by atoms with Crippen LogP contribution in [0.2, 0.25) is 0 Å². The van der Waals surface area contributed by atoms with Crippen molar-refractivity contribution < 1.29 is 9.47 Å². The number of aromatic nitrogens is 2. The average molecular weight is 427 g/mol. The average Bonchev–Trinajstić information content (AvgIpc) is 3.24. The predicted molar refractivity (Wildman–Crippen MR) is 118 cm³/mol. The summed E-state index contributed by atoms with van der Waals surface area (Å²) in [7, 11) is 3.23. The van der Waals surface area contributed by atoms with Gasteiger partial charge in [-0.3, -0.25) is 4.98 Å². The number of nitrogens with one attached hydrogen (secondary N) is 2. The summed E-state index contributed by atoms with van der Waals surface area (Å²) < 4.78 is 10.9. The highest BCUT2D eigenvalue weighted by molar-refractivity contribution is 7.14. The Labute approximate surface area is 177 Å². The molecule has 0 aliphatic rings. The first-order valence-electron chi connectivity index (χ1n) is 8.88. The van der Waals surface area contributed by atoms with Gasteiger partial charge in [-0.15, -0.1) is 11.3 Å². The topological polar surface area (TPSA) is 68.3 Å². The van der Waals surface area contributed by atoms with Crippen molar-refractivity contribution in [2.75, 3.05) is 19.5 Å². The first kappa shape index (κ1) is 19.4. The van der Waals surface area contributed by atoms with Crippen molar-refractivity contribution in [1.82, 2.24) is 14.8 Å². The highest BCUT2D eigenvalue weighted by Crippen LogP contribution is 2.38. The third-order valence-corrected chi connectivity index (χ3v) is 5.42. The Kier molecular flexibility index (Phi) is 5.80. The molecule has 0 spiro atoms. The lowest BCUT2D eigenvalue weighted by molar-refractivity contribution is 0.356. The molecule has 6 nitrogen and oxygen atoms in total. The summed E-state index contributed by atoms with van der Waals surface area (Å²) in [5.74, 6) is 1.28. The molecule has 0 radical (unpaired) electrons. The highest BCUT2D eigenvalue weighted by atomic mass is 35.5. The number of methoxy groups -OCH3 is 2. The van der Waals surface area contributed by atoms with Crippen molar-refractivity contribution in [1.29, 1.82) is 0 Å². The van der Waals surface area contributed by atoms with Crippen LogP contribution in [-0.2, 0) is 6.54 Å². The number of anilines is 2. The van der Waals surface area contributed by atoms with Crippen LogP contribution in [0.15, 0.2) is 54.0 Å². The Hall–Kier alpha value is -2.87. The molecule has 0 saturated heterocycles. The van der Waals surface area contributed by atoms with Gasteiger partial charge in [0.15, 0.2) is 16.6 Å². The smallest absolute Gasteiger partial charge is 0.187 e. The molecular weight excluding hydrogens is 408 g/mol. The zero-order valence-electron chi connectivity index (χ0n) is 15.9. The summed E-state index contributed by atoms with van der Waals surface area (Å²) in [6, 6.07) is 13.9. The van der Waals surface area contributed by atoms with E-state index in [0.717, 1.165) is 38.5 Å². The van der Waals surface area contributed by atoms with Gasteiger partial charge in [0.05, 0.1) is 44.0 Å². The van der Waals surface area contributed by atoms with E-state index in [1.807, 2.05) is 47.8 Å². The Morgan fingerprint density at radius 2 is 1.76 bits per heavy atom. The molecule has 0 aliphatic carbocycles. The van der Waals surface area contributed by atoms with Gasteiger partial charge in [-0.1, -0.05) is 30.3 Å². The highest BCUT2D eigenvalue weighted by Gasteiger charge is 2.14. The number of benzene rings is 2. The first-order valence-corrected chi connectivity index (χ1v) is 10.1. The largest absolute Gasteiger partial charge is 0.493 e. The van der Waals surface area contributed by atoms with Crippen LogP contribution in [0.5, 0.6) is 11.5 Å². The monoisotopic (exact) mass is 426 g/mol. The van der Waals surface area contributed by atoms with Crippen molar-refractivity contribution in [3.05, 3.63) is 59.7 Å². The second-order valence-corrected chi connectivity index (χ2v) is 7.34. The number of hydrogen-bond donors (Lipinski definition) is 2. The molecule has 0 unspecified atom stereocenters. The zero-order valence-corrected chi connectivity index (χ0v) is 17.5. The number of thiazole rings is 1. The molecule has 4 aromatic rings. The van der Waals surface area contributed by atoms with Gasteiger partial charge in [0.2, 0.25) is 0 Å². The van der Waals surface area contributed by atoms with Gasteiger partial charge in [0, 0.05) is 21.7 Å². The standard InChI is InChI=1S/C21H19ClN4O2S/c1-27-19-8-14-15(9-20(19)28-2)17(10-23-16(14)11-24-22)25-21-26-18(12-29-21)13-6-4-3-5-7-13/h3-10,12,24H,11H2,1-2H3,(H,25,26). The summed E-state index contributed by atoms with van der Waals surface area (Å²) in [5, 5.41) is 8.06. The number of ether oxygens (including phenoxy) is 2. The lowest BCUT2D eigenvalue weighted by Crippen LogP contribution is -2.04. The van der Waals surface area contributed by atoms with E-state index in [4.69, 9.17) is 26.2 Å². The molecule has 0 saturated carbocycles. The van der Waals surface area contributed by atoms with E-state index < -0.39 is 0 Å². The number of hydrogen-bond acceptors (Lipinski definition) is 7. The van der Waals surface area contributed by atoms with Crippen LogP contribution in [0.1, 0.15) is 5.69 Å². The van der Waals surface area contributed by atoms with Gasteiger partial charge < -0.3 is 14.8 Å². The van der Waals surface area contributed by atoms with Gasteiger partial charge >= 0.3 is 0 Å². The third-order valence-electron chi connectivity index (χ3n) is 4.52. The summed E-state index contributed by atoms with van der Waals surface area (Å²) in [6.07, 6.45) is 1.78. The van der Waals surface area contributed by atoms with Crippen molar-refractivity contribution >= 4 is 44.7 Å². The van der Waals surface area contributed by atoms with Crippen molar-refractivity contribution in [2.45, 2.75) is 6.54 Å². The van der Waals surface area contributed by atoms with Gasteiger partial charge in [0.1, 0.15) is 0 Å². The Morgan fingerprint density at radius 3 is 2.45 bits per heavy atom. The van der Waals surface area contributed by atoms with E-state index in [0.29, 0.717) is 18.0 Å². The van der Waals surface area contributed by atoms with E-state index in [-0.39, 0.29) is 0 Å². The summed E-state index contributed by atoms with van der Waals surface area (Å²) in [6.45, 7) is 0.420. The molecular formula is C21H19ClN4O2S. The molecule has 2 N–H and O–H groups in total.